The van der Waals surface area contributed by atoms with E-state index in [-0.39, 0.29) is 17.7 Å². The topological polar surface area (TPSA) is 57.7 Å². The summed E-state index contributed by atoms with van der Waals surface area (Å²) < 4.78 is 0. The SMILES string of the molecule is O=C(c1ccc2c(c1)C(=O)N(c1cccc3ccccc13)C2=O)N1CCCCCC1. The Morgan fingerprint density at radius 3 is 2.23 bits per heavy atom. The van der Waals surface area contributed by atoms with Gasteiger partial charge in [0.1, 0.15) is 0 Å². The van der Waals surface area contributed by atoms with E-state index in [1.807, 2.05) is 41.3 Å². The average molecular weight is 398 g/mol. The molecule has 5 heteroatoms. The van der Waals surface area contributed by atoms with Gasteiger partial charge in [-0.05, 0) is 42.5 Å². The van der Waals surface area contributed by atoms with Crippen molar-refractivity contribution in [3.8, 4) is 0 Å². The lowest BCUT2D eigenvalue weighted by Crippen LogP contribution is -2.32. The highest BCUT2D eigenvalue weighted by Crippen LogP contribution is 2.34. The summed E-state index contributed by atoms with van der Waals surface area (Å²) in [5.74, 6) is -0.791. The molecule has 5 rings (SSSR count). The number of amides is 3. The molecule has 0 atom stereocenters. The van der Waals surface area contributed by atoms with Gasteiger partial charge in [-0.25, -0.2) is 4.90 Å². The summed E-state index contributed by atoms with van der Waals surface area (Å²) in [7, 11) is 0. The van der Waals surface area contributed by atoms with E-state index in [0.29, 0.717) is 22.4 Å². The first kappa shape index (κ1) is 18.6. The molecule has 0 spiro atoms. The van der Waals surface area contributed by atoms with Crippen molar-refractivity contribution in [1.82, 2.24) is 4.90 Å². The quantitative estimate of drug-likeness (QED) is 0.590. The number of hydrogen-bond acceptors (Lipinski definition) is 3. The van der Waals surface area contributed by atoms with Crippen LogP contribution in [-0.2, 0) is 0 Å². The molecule has 3 aromatic rings. The van der Waals surface area contributed by atoms with Gasteiger partial charge in [0.25, 0.3) is 17.7 Å². The van der Waals surface area contributed by atoms with Crippen LogP contribution in [0.4, 0.5) is 5.69 Å². The maximum absolute atomic E-state index is 13.2. The van der Waals surface area contributed by atoms with E-state index in [1.165, 1.54) is 4.90 Å². The summed E-state index contributed by atoms with van der Waals surface area (Å²) in [5, 5.41) is 1.80. The molecule has 0 radical (unpaired) electrons. The lowest BCUT2D eigenvalue weighted by molar-refractivity contribution is 0.0761. The van der Waals surface area contributed by atoms with Crippen molar-refractivity contribution in [2.75, 3.05) is 18.0 Å². The van der Waals surface area contributed by atoms with E-state index in [2.05, 4.69) is 0 Å². The normalized spacial score (nSPS) is 16.7. The van der Waals surface area contributed by atoms with Gasteiger partial charge < -0.3 is 4.90 Å². The summed E-state index contributed by atoms with van der Waals surface area (Å²) in [6.45, 7) is 1.48. The van der Waals surface area contributed by atoms with Crippen LogP contribution in [0.2, 0.25) is 0 Å². The van der Waals surface area contributed by atoms with Crippen molar-refractivity contribution >= 4 is 34.2 Å². The fourth-order valence-corrected chi connectivity index (χ4v) is 4.45. The summed E-state index contributed by atoms with van der Waals surface area (Å²) >= 11 is 0. The second-order valence-corrected chi connectivity index (χ2v) is 7.91. The highest BCUT2D eigenvalue weighted by atomic mass is 16.2. The highest BCUT2D eigenvalue weighted by molar-refractivity contribution is 6.36. The van der Waals surface area contributed by atoms with E-state index < -0.39 is 0 Å². The average Bonchev–Trinajstić information content (AvgIpc) is 2.96. The first-order valence-corrected chi connectivity index (χ1v) is 10.4. The number of hydrogen-bond donors (Lipinski definition) is 0. The fraction of sp³-hybridized carbons (Fsp3) is 0.240. The van der Waals surface area contributed by atoms with Gasteiger partial charge in [-0.3, -0.25) is 14.4 Å². The minimum absolute atomic E-state index is 0.0661. The van der Waals surface area contributed by atoms with Crippen LogP contribution in [0.25, 0.3) is 10.8 Å². The lowest BCUT2D eigenvalue weighted by Gasteiger charge is -2.20. The van der Waals surface area contributed by atoms with Gasteiger partial charge in [0.2, 0.25) is 0 Å². The zero-order chi connectivity index (χ0) is 20.7. The van der Waals surface area contributed by atoms with Gasteiger partial charge in [-0.15, -0.1) is 0 Å². The van der Waals surface area contributed by atoms with Gasteiger partial charge in [0.05, 0.1) is 16.8 Å². The number of rotatable bonds is 2. The van der Waals surface area contributed by atoms with E-state index in [9.17, 15) is 14.4 Å². The maximum atomic E-state index is 13.2. The highest BCUT2D eigenvalue weighted by Gasteiger charge is 2.38. The Bertz CT molecular complexity index is 1170. The van der Waals surface area contributed by atoms with E-state index in [1.54, 1.807) is 24.3 Å². The molecule has 0 unspecified atom stereocenters. The number of carbonyl (C=O) groups excluding carboxylic acids is 3. The minimum atomic E-state index is -0.378. The van der Waals surface area contributed by atoms with Crippen LogP contribution < -0.4 is 4.90 Å². The lowest BCUT2D eigenvalue weighted by atomic mass is 10.0. The van der Waals surface area contributed by atoms with Gasteiger partial charge in [-0.2, -0.15) is 0 Å². The van der Waals surface area contributed by atoms with Crippen molar-refractivity contribution in [1.29, 1.82) is 0 Å². The molecule has 150 valence electrons. The van der Waals surface area contributed by atoms with Crippen LogP contribution >= 0.6 is 0 Å². The van der Waals surface area contributed by atoms with Crippen LogP contribution in [0.5, 0.6) is 0 Å². The number of anilines is 1. The summed E-state index contributed by atoms with van der Waals surface area (Å²) in [6, 6.07) is 18.1. The Hall–Kier alpha value is -3.47. The number of imide groups is 1. The van der Waals surface area contributed by atoms with Crippen molar-refractivity contribution in [2.45, 2.75) is 25.7 Å². The molecule has 3 aromatic carbocycles. The first-order chi connectivity index (χ1) is 14.6. The fourth-order valence-electron chi connectivity index (χ4n) is 4.45. The Kier molecular flexibility index (Phi) is 4.58. The molecule has 1 fully saturated rings. The smallest absolute Gasteiger partial charge is 0.266 e. The molecule has 0 aliphatic carbocycles. The third-order valence-corrected chi connectivity index (χ3v) is 6.03. The minimum Gasteiger partial charge on any atom is -0.339 e. The summed E-state index contributed by atoms with van der Waals surface area (Å²) in [5.41, 5.74) is 1.69. The van der Waals surface area contributed by atoms with Crippen molar-refractivity contribution in [2.24, 2.45) is 0 Å². The largest absolute Gasteiger partial charge is 0.339 e. The van der Waals surface area contributed by atoms with Crippen LogP contribution in [0.1, 0.15) is 56.8 Å². The molecule has 0 saturated carbocycles. The third kappa shape index (κ3) is 2.98. The number of carbonyl (C=O) groups is 3. The molecule has 2 heterocycles. The Morgan fingerprint density at radius 2 is 1.43 bits per heavy atom. The molecule has 3 amide bonds. The number of fused-ring (bicyclic) bond motifs is 2. The van der Waals surface area contributed by atoms with Crippen molar-refractivity contribution in [3.63, 3.8) is 0 Å². The maximum Gasteiger partial charge on any atom is 0.266 e. The van der Waals surface area contributed by atoms with Crippen molar-refractivity contribution in [3.05, 3.63) is 77.4 Å². The second-order valence-electron chi connectivity index (χ2n) is 7.91. The van der Waals surface area contributed by atoms with Gasteiger partial charge in [0, 0.05) is 24.0 Å². The molecule has 0 aromatic heterocycles. The zero-order valence-electron chi connectivity index (χ0n) is 16.6. The standard InChI is InChI=1S/C25H22N2O3/c28-23(26-14-5-1-2-6-15-26)18-12-13-20-21(16-18)25(30)27(24(20)29)22-11-7-9-17-8-3-4-10-19(17)22/h3-4,7-13,16H,1-2,5-6,14-15H2. The molecule has 2 aliphatic heterocycles. The molecule has 2 aliphatic rings. The van der Waals surface area contributed by atoms with Gasteiger partial charge >= 0.3 is 0 Å². The van der Waals surface area contributed by atoms with E-state index >= 15 is 0 Å². The number of likely N-dealkylation sites (tertiary alicyclic amines) is 1. The first-order valence-electron chi connectivity index (χ1n) is 10.4. The van der Waals surface area contributed by atoms with Gasteiger partial charge in [-0.1, -0.05) is 49.2 Å². The zero-order valence-corrected chi connectivity index (χ0v) is 16.6. The monoisotopic (exact) mass is 398 g/mol. The Balaban J connectivity index is 1.51. The summed E-state index contributed by atoms with van der Waals surface area (Å²) in [4.78, 5) is 42.4. The van der Waals surface area contributed by atoms with Crippen LogP contribution in [0.15, 0.2) is 60.7 Å². The number of nitrogens with zero attached hydrogens (tertiary/aromatic N) is 2. The second kappa shape index (κ2) is 7.41. The van der Waals surface area contributed by atoms with E-state index in [0.717, 1.165) is 49.5 Å². The van der Waals surface area contributed by atoms with Gasteiger partial charge in [0.15, 0.2) is 0 Å². The van der Waals surface area contributed by atoms with E-state index in [4.69, 9.17) is 0 Å². The molecule has 0 bridgehead atoms. The third-order valence-electron chi connectivity index (χ3n) is 6.03. The predicted octanol–water partition coefficient (Wildman–Crippen LogP) is 4.66. The Labute approximate surface area is 174 Å². The Morgan fingerprint density at radius 1 is 0.733 bits per heavy atom. The van der Waals surface area contributed by atoms with Crippen LogP contribution in [0, 0.1) is 0 Å². The van der Waals surface area contributed by atoms with Crippen LogP contribution in [0.3, 0.4) is 0 Å². The van der Waals surface area contributed by atoms with Crippen molar-refractivity contribution < 1.29 is 14.4 Å². The molecular weight excluding hydrogens is 376 g/mol. The summed E-state index contributed by atoms with van der Waals surface area (Å²) in [6.07, 6.45) is 4.29. The molecule has 30 heavy (non-hydrogen) atoms. The predicted molar refractivity (Wildman–Crippen MR) is 116 cm³/mol. The van der Waals surface area contributed by atoms with Crippen LogP contribution in [-0.4, -0.2) is 35.7 Å². The molecule has 0 N–H and O–H groups in total. The number of benzene rings is 3. The molecular formula is C25H22N2O3. The molecule has 5 nitrogen and oxygen atoms in total. The molecule has 1 saturated heterocycles.